The lowest BCUT2D eigenvalue weighted by Gasteiger charge is -2.12. The molecule has 2 heterocycles. The molecule has 1 amide bonds. The van der Waals surface area contributed by atoms with Crippen molar-refractivity contribution in [1.29, 1.82) is 0 Å². The Balaban J connectivity index is 1.74. The molecule has 5 heteroatoms. The first-order valence-corrected chi connectivity index (χ1v) is 10.4. The standard InChI is InChI=1S/C21H19NO2S2/c1-13-8-10-14(11-9-13)19(23)18-15-5-2-3-6-16(15)26-21(18)22-20(24)17-7-4-12-25-17/h4,7-12H,2-3,5-6H2,1H3,(H,22,24). The van der Waals surface area contributed by atoms with Crippen LogP contribution >= 0.6 is 22.7 Å². The largest absolute Gasteiger partial charge is 0.312 e. The number of hydrogen-bond acceptors (Lipinski definition) is 4. The lowest BCUT2D eigenvalue weighted by molar-refractivity contribution is 0.103. The number of carbonyl (C=O) groups excluding carboxylic acids is 2. The van der Waals surface area contributed by atoms with Crippen LogP contribution in [-0.4, -0.2) is 11.7 Å². The molecule has 3 aromatic rings. The highest BCUT2D eigenvalue weighted by atomic mass is 32.1. The molecule has 0 saturated carbocycles. The summed E-state index contributed by atoms with van der Waals surface area (Å²) in [7, 11) is 0. The van der Waals surface area contributed by atoms with Crippen LogP contribution in [0.4, 0.5) is 5.00 Å². The lowest BCUT2D eigenvalue weighted by Crippen LogP contribution is -2.14. The number of fused-ring (bicyclic) bond motifs is 1. The minimum absolute atomic E-state index is 0.00544. The Kier molecular flexibility index (Phi) is 4.74. The van der Waals surface area contributed by atoms with Gasteiger partial charge < -0.3 is 5.32 Å². The SMILES string of the molecule is Cc1ccc(C(=O)c2c(NC(=O)c3cccs3)sc3c2CCCC3)cc1. The summed E-state index contributed by atoms with van der Waals surface area (Å²) in [6.07, 6.45) is 4.14. The molecule has 1 N–H and O–H groups in total. The van der Waals surface area contributed by atoms with Crippen molar-refractivity contribution in [2.24, 2.45) is 0 Å². The molecular formula is C21H19NO2S2. The fourth-order valence-electron chi connectivity index (χ4n) is 3.32. The average molecular weight is 382 g/mol. The predicted octanol–water partition coefficient (Wildman–Crippen LogP) is 5.48. The van der Waals surface area contributed by atoms with Crippen LogP contribution in [0.5, 0.6) is 0 Å². The second-order valence-corrected chi connectivity index (χ2v) is 8.59. The molecule has 1 aromatic carbocycles. The molecule has 4 rings (SSSR count). The number of carbonyl (C=O) groups is 2. The van der Waals surface area contributed by atoms with Crippen LogP contribution in [0.2, 0.25) is 0 Å². The van der Waals surface area contributed by atoms with E-state index in [0.717, 1.165) is 36.8 Å². The van der Waals surface area contributed by atoms with Gasteiger partial charge in [-0.1, -0.05) is 35.9 Å². The number of rotatable bonds is 4. The summed E-state index contributed by atoms with van der Waals surface area (Å²) in [6, 6.07) is 11.3. The Bertz CT molecular complexity index is 953. The number of benzene rings is 1. The number of thiophene rings is 2. The predicted molar refractivity (Wildman–Crippen MR) is 108 cm³/mol. The summed E-state index contributed by atoms with van der Waals surface area (Å²) < 4.78 is 0. The van der Waals surface area contributed by atoms with Crippen molar-refractivity contribution in [2.75, 3.05) is 5.32 Å². The Morgan fingerprint density at radius 3 is 2.54 bits per heavy atom. The molecule has 1 aliphatic rings. The Morgan fingerprint density at radius 2 is 1.81 bits per heavy atom. The van der Waals surface area contributed by atoms with E-state index in [4.69, 9.17) is 0 Å². The minimum Gasteiger partial charge on any atom is -0.312 e. The van der Waals surface area contributed by atoms with Crippen LogP contribution in [0.1, 0.15) is 54.4 Å². The fourth-order valence-corrected chi connectivity index (χ4v) is 5.22. The average Bonchev–Trinajstić information content (AvgIpc) is 3.29. The Hall–Kier alpha value is -2.24. The lowest BCUT2D eigenvalue weighted by atomic mass is 9.91. The van der Waals surface area contributed by atoms with Crippen LogP contribution in [0, 0.1) is 6.92 Å². The summed E-state index contributed by atoms with van der Waals surface area (Å²) in [4.78, 5) is 27.7. The van der Waals surface area contributed by atoms with Crippen molar-refractivity contribution in [1.82, 2.24) is 0 Å². The molecule has 0 bridgehead atoms. The number of anilines is 1. The summed E-state index contributed by atoms with van der Waals surface area (Å²) in [5.74, 6) is -0.137. The highest BCUT2D eigenvalue weighted by Gasteiger charge is 2.27. The van der Waals surface area contributed by atoms with Crippen molar-refractivity contribution in [3.63, 3.8) is 0 Å². The van der Waals surface area contributed by atoms with Gasteiger partial charge in [-0.15, -0.1) is 22.7 Å². The molecule has 0 saturated heterocycles. The molecular weight excluding hydrogens is 362 g/mol. The van der Waals surface area contributed by atoms with Crippen molar-refractivity contribution in [3.8, 4) is 0 Å². The van der Waals surface area contributed by atoms with Gasteiger partial charge in [0.1, 0.15) is 5.00 Å². The third-order valence-electron chi connectivity index (χ3n) is 4.68. The van der Waals surface area contributed by atoms with E-state index in [1.54, 1.807) is 17.4 Å². The number of aryl methyl sites for hydroxylation is 2. The fraction of sp³-hybridized carbons (Fsp3) is 0.238. The summed E-state index contributed by atoms with van der Waals surface area (Å²) in [6.45, 7) is 2.01. The maximum absolute atomic E-state index is 13.2. The van der Waals surface area contributed by atoms with Crippen LogP contribution in [-0.2, 0) is 12.8 Å². The first-order chi connectivity index (χ1) is 12.6. The quantitative estimate of drug-likeness (QED) is 0.608. The molecule has 0 radical (unpaired) electrons. The van der Waals surface area contributed by atoms with Gasteiger partial charge in [0.25, 0.3) is 5.91 Å². The van der Waals surface area contributed by atoms with Crippen molar-refractivity contribution in [2.45, 2.75) is 32.6 Å². The van der Waals surface area contributed by atoms with Gasteiger partial charge in [-0.25, -0.2) is 0 Å². The monoisotopic (exact) mass is 381 g/mol. The molecule has 3 nitrogen and oxygen atoms in total. The molecule has 0 spiro atoms. The molecule has 1 aliphatic carbocycles. The van der Waals surface area contributed by atoms with Gasteiger partial charge in [0.05, 0.1) is 10.4 Å². The molecule has 0 atom stereocenters. The Morgan fingerprint density at radius 1 is 1.04 bits per heavy atom. The van der Waals surface area contributed by atoms with Gasteiger partial charge in [-0.3, -0.25) is 9.59 Å². The maximum atomic E-state index is 13.2. The first kappa shape index (κ1) is 17.2. The van der Waals surface area contributed by atoms with Gasteiger partial charge in [-0.2, -0.15) is 0 Å². The normalized spacial score (nSPS) is 13.3. The van der Waals surface area contributed by atoms with Gasteiger partial charge in [0.15, 0.2) is 5.78 Å². The zero-order valence-electron chi connectivity index (χ0n) is 14.5. The second kappa shape index (κ2) is 7.17. The summed E-state index contributed by atoms with van der Waals surface area (Å²) in [5.41, 5.74) is 3.63. The third-order valence-corrected chi connectivity index (χ3v) is 6.76. The number of amides is 1. The van der Waals surface area contributed by atoms with E-state index in [-0.39, 0.29) is 11.7 Å². The minimum atomic E-state index is -0.142. The zero-order chi connectivity index (χ0) is 18.1. The van der Waals surface area contributed by atoms with E-state index in [1.807, 2.05) is 42.6 Å². The van der Waals surface area contributed by atoms with Crippen molar-refractivity contribution >= 4 is 39.4 Å². The molecule has 0 unspecified atom stereocenters. The summed E-state index contributed by atoms with van der Waals surface area (Å²) >= 11 is 2.97. The van der Waals surface area contributed by atoms with E-state index in [1.165, 1.54) is 16.2 Å². The highest BCUT2D eigenvalue weighted by molar-refractivity contribution is 7.17. The van der Waals surface area contributed by atoms with Gasteiger partial charge in [0, 0.05) is 10.4 Å². The number of ketones is 1. The highest BCUT2D eigenvalue weighted by Crippen LogP contribution is 2.39. The van der Waals surface area contributed by atoms with Crippen LogP contribution < -0.4 is 5.32 Å². The van der Waals surface area contributed by atoms with Crippen molar-refractivity contribution in [3.05, 3.63) is 73.8 Å². The molecule has 0 fully saturated rings. The van der Waals surface area contributed by atoms with Crippen LogP contribution in [0.3, 0.4) is 0 Å². The topological polar surface area (TPSA) is 46.2 Å². The Labute approximate surface area is 160 Å². The molecule has 132 valence electrons. The van der Waals surface area contributed by atoms with E-state index in [9.17, 15) is 9.59 Å². The molecule has 2 aromatic heterocycles. The summed E-state index contributed by atoms with van der Waals surface area (Å²) in [5, 5.41) is 5.58. The van der Waals surface area contributed by atoms with E-state index < -0.39 is 0 Å². The van der Waals surface area contributed by atoms with Gasteiger partial charge in [0.2, 0.25) is 0 Å². The van der Waals surface area contributed by atoms with E-state index >= 15 is 0 Å². The third kappa shape index (κ3) is 3.24. The van der Waals surface area contributed by atoms with E-state index in [0.29, 0.717) is 21.0 Å². The van der Waals surface area contributed by atoms with E-state index in [2.05, 4.69) is 5.32 Å². The van der Waals surface area contributed by atoms with Gasteiger partial charge >= 0.3 is 0 Å². The number of nitrogens with one attached hydrogen (secondary N) is 1. The first-order valence-electron chi connectivity index (χ1n) is 8.74. The van der Waals surface area contributed by atoms with Gasteiger partial charge in [-0.05, 0) is 49.6 Å². The molecule has 26 heavy (non-hydrogen) atoms. The van der Waals surface area contributed by atoms with Crippen molar-refractivity contribution < 1.29 is 9.59 Å². The van der Waals surface area contributed by atoms with Crippen LogP contribution in [0.25, 0.3) is 0 Å². The number of hydrogen-bond donors (Lipinski definition) is 1. The maximum Gasteiger partial charge on any atom is 0.266 e. The van der Waals surface area contributed by atoms with Crippen LogP contribution in [0.15, 0.2) is 41.8 Å². The molecule has 0 aliphatic heterocycles. The zero-order valence-corrected chi connectivity index (χ0v) is 16.1. The second-order valence-electron chi connectivity index (χ2n) is 6.54. The smallest absolute Gasteiger partial charge is 0.266 e.